The summed E-state index contributed by atoms with van der Waals surface area (Å²) < 4.78 is 6.35. The van der Waals surface area contributed by atoms with E-state index >= 15 is 0 Å². The molecular weight excluding hydrogens is 388 g/mol. The van der Waals surface area contributed by atoms with Gasteiger partial charge in [0.15, 0.2) is 0 Å². The van der Waals surface area contributed by atoms with Gasteiger partial charge in [0.1, 0.15) is 11.4 Å². The van der Waals surface area contributed by atoms with Crippen molar-refractivity contribution in [2.45, 2.75) is 32.3 Å². The zero-order valence-electron chi connectivity index (χ0n) is 17.5. The minimum absolute atomic E-state index is 0.212. The lowest BCUT2D eigenvalue weighted by Gasteiger charge is -2.38. The minimum atomic E-state index is -0.335. The molecule has 2 aromatic carbocycles. The molecule has 2 aromatic rings. The van der Waals surface area contributed by atoms with Crippen LogP contribution in [0.4, 0.5) is 11.4 Å². The van der Waals surface area contributed by atoms with E-state index in [-0.39, 0.29) is 17.4 Å². The molecular formula is C26H22N2O3. The van der Waals surface area contributed by atoms with E-state index in [9.17, 15) is 9.59 Å². The summed E-state index contributed by atoms with van der Waals surface area (Å²) in [6.45, 7) is 8.57. The Kier molecular flexibility index (Phi) is 4.29. The molecule has 0 saturated carbocycles. The van der Waals surface area contributed by atoms with Crippen LogP contribution in [0.3, 0.4) is 0 Å². The van der Waals surface area contributed by atoms with Crippen LogP contribution in [0.15, 0.2) is 83.4 Å². The van der Waals surface area contributed by atoms with E-state index < -0.39 is 0 Å². The van der Waals surface area contributed by atoms with Crippen molar-refractivity contribution in [3.8, 4) is 0 Å². The summed E-state index contributed by atoms with van der Waals surface area (Å²) >= 11 is 0. The Labute approximate surface area is 181 Å². The van der Waals surface area contributed by atoms with Gasteiger partial charge in [0.05, 0.1) is 17.1 Å². The van der Waals surface area contributed by atoms with E-state index in [1.807, 2.05) is 30.3 Å². The molecule has 1 aliphatic carbocycles. The van der Waals surface area contributed by atoms with Gasteiger partial charge in [-0.2, -0.15) is 0 Å². The van der Waals surface area contributed by atoms with Crippen molar-refractivity contribution in [1.82, 2.24) is 0 Å². The van der Waals surface area contributed by atoms with Crippen molar-refractivity contribution >= 4 is 34.7 Å². The quantitative estimate of drug-likeness (QED) is 0.647. The number of rotatable bonds is 2. The Hall–Kier alpha value is -3.73. The molecule has 5 rings (SSSR count). The maximum Gasteiger partial charge on any atom is 0.258 e. The average molecular weight is 410 g/mol. The van der Waals surface area contributed by atoms with Crippen molar-refractivity contribution in [2.24, 2.45) is 4.99 Å². The first-order chi connectivity index (χ1) is 14.8. The molecule has 5 heteroatoms. The Bertz CT molecular complexity index is 1210. The van der Waals surface area contributed by atoms with E-state index in [4.69, 9.17) is 9.73 Å². The van der Waals surface area contributed by atoms with Gasteiger partial charge in [-0.1, -0.05) is 30.8 Å². The van der Waals surface area contributed by atoms with Crippen molar-refractivity contribution in [1.29, 1.82) is 0 Å². The first-order valence-corrected chi connectivity index (χ1v) is 10.3. The second-order valence-corrected chi connectivity index (χ2v) is 8.52. The Morgan fingerprint density at radius 2 is 1.61 bits per heavy atom. The first-order valence-electron chi connectivity index (χ1n) is 10.3. The SMILES string of the molecule is C=C1C2=C(OC(C)(C)CC2)c2ccccc2/C1=N\c1ccc(N2C(=O)C=CC2=O)cc1. The predicted molar refractivity (Wildman–Crippen MR) is 121 cm³/mol. The number of carbonyl (C=O) groups excluding carboxylic acids is 2. The highest BCUT2D eigenvalue weighted by atomic mass is 16.5. The molecule has 5 nitrogen and oxygen atoms in total. The zero-order valence-corrected chi connectivity index (χ0v) is 17.5. The lowest BCUT2D eigenvalue weighted by molar-refractivity contribution is -0.119. The number of amides is 2. The molecule has 31 heavy (non-hydrogen) atoms. The van der Waals surface area contributed by atoms with Crippen LogP contribution < -0.4 is 4.90 Å². The fourth-order valence-electron chi connectivity index (χ4n) is 4.21. The van der Waals surface area contributed by atoms with Gasteiger partial charge in [-0.25, -0.2) is 9.89 Å². The average Bonchev–Trinajstić information content (AvgIpc) is 3.09. The smallest absolute Gasteiger partial charge is 0.258 e. The van der Waals surface area contributed by atoms with Crippen LogP contribution in [-0.4, -0.2) is 23.1 Å². The topological polar surface area (TPSA) is 59.0 Å². The number of allylic oxidation sites excluding steroid dienone is 2. The molecule has 0 atom stereocenters. The molecule has 2 amide bonds. The number of aliphatic imine (C=N–C) groups is 1. The molecule has 0 aromatic heterocycles. The summed E-state index contributed by atoms with van der Waals surface area (Å²) in [7, 11) is 0. The Morgan fingerprint density at radius 1 is 0.968 bits per heavy atom. The normalized spacial score (nSPS) is 20.8. The summed E-state index contributed by atoms with van der Waals surface area (Å²) in [5.41, 5.74) is 5.86. The third-order valence-corrected chi connectivity index (χ3v) is 5.86. The van der Waals surface area contributed by atoms with Gasteiger partial charge < -0.3 is 4.74 Å². The highest BCUT2D eigenvalue weighted by molar-refractivity contribution is 6.28. The summed E-state index contributed by atoms with van der Waals surface area (Å²) in [5.74, 6) is 0.237. The van der Waals surface area contributed by atoms with Gasteiger partial charge in [0.2, 0.25) is 0 Å². The number of imide groups is 1. The van der Waals surface area contributed by atoms with E-state index in [0.717, 1.165) is 57.2 Å². The molecule has 3 aliphatic rings. The van der Waals surface area contributed by atoms with E-state index in [0.29, 0.717) is 5.69 Å². The standard InChI is InChI=1S/C26H22N2O3/c1-16-19-14-15-26(2,3)31-25(19)21-7-5-4-6-20(21)24(16)27-17-8-10-18(11-9-17)28-22(29)12-13-23(28)30/h4-13H,1,14-15H2,2-3H3/b27-24-. The first kappa shape index (κ1) is 19.2. The third-order valence-electron chi connectivity index (χ3n) is 5.86. The van der Waals surface area contributed by atoms with Gasteiger partial charge in [-0.3, -0.25) is 9.59 Å². The molecule has 0 N–H and O–H groups in total. The highest BCUT2D eigenvalue weighted by Crippen LogP contribution is 2.44. The van der Waals surface area contributed by atoms with Gasteiger partial charge in [-0.15, -0.1) is 0 Å². The summed E-state index contributed by atoms with van der Waals surface area (Å²) in [6, 6.07) is 15.2. The second-order valence-electron chi connectivity index (χ2n) is 8.52. The molecule has 0 radical (unpaired) electrons. The van der Waals surface area contributed by atoms with Crippen molar-refractivity contribution in [2.75, 3.05) is 4.90 Å². The fourth-order valence-corrected chi connectivity index (χ4v) is 4.21. The number of fused-ring (bicyclic) bond motifs is 2. The van der Waals surface area contributed by atoms with E-state index in [1.54, 1.807) is 12.1 Å². The molecule has 0 fully saturated rings. The van der Waals surface area contributed by atoms with Crippen molar-refractivity contribution in [3.05, 3.63) is 89.5 Å². The Balaban J connectivity index is 1.54. The van der Waals surface area contributed by atoms with Crippen LogP contribution in [0.1, 0.15) is 37.8 Å². The maximum atomic E-state index is 11.9. The van der Waals surface area contributed by atoms with Crippen LogP contribution >= 0.6 is 0 Å². The van der Waals surface area contributed by atoms with Crippen LogP contribution in [0.2, 0.25) is 0 Å². The van der Waals surface area contributed by atoms with Gasteiger partial charge in [0.25, 0.3) is 11.8 Å². The summed E-state index contributed by atoms with van der Waals surface area (Å²) in [6.07, 6.45) is 4.36. The molecule has 0 saturated heterocycles. The minimum Gasteiger partial charge on any atom is -0.487 e. The van der Waals surface area contributed by atoms with Gasteiger partial charge in [-0.05, 0) is 51.0 Å². The van der Waals surface area contributed by atoms with Crippen LogP contribution in [0.25, 0.3) is 5.76 Å². The van der Waals surface area contributed by atoms with Crippen molar-refractivity contribution in [3.63, 3.8) is 0 Å². The van der Waals surface area contributed by atoms with Gasteiger partial charge >= 0.3 is 0 Å². The molecule has 0 spiro atoms. The van der Waals surface area contributed by atoms with Crippen LogP contribution in [-0.2, 0) is 14.3 Å². The van der Waals surface area contributed by atoms with Crippen LogP contribution in [0.5, 0.6) is 0 Å². The molecule has 2 heterocycles. The number of nitrogens with zero attached hydrogens (tertiary/aromatic N) is 2. The van der Waals surface area contributed by atoms with E-state index in [1.165, 1.54) is 12.2 Å². The van der Waals surface area contributed by atoms with Crippen LogP contribution in [0, 0.1) is 0 Å². The lowest BCUT2D eigenvalue weighted by Crippen LogP contribution is -2.31. The number of ether oxygens (including phenoxy) is 1. The number of benzene rings is 2. The Morgan fingerprint density at radius 3 is 2.29 bits per heavy atom. The van der Waals surface area contributed by atoms with Gasteiger partial charge in [0, 0.05) is 34.4 Å². The number of hydrogen-bond donors (Lipinski definition) is 0. The highest BCUT2D eigenvalue weighted by Gasteiger charge is 2.36. The predicted octanol–water partition coefficient (Wildman–Crippen LogP) is 5.11. The maximum absolute atomic E-state index is 11.9. The number of hydrogen-bond acceptors (Lipinski definition) is 4. The molecule has 0 bridgehead atoms. The van der Waals surface area contributed by atoms with E-state index in [2.05, 4.69) is 26.5 Å². The molecule has 154 valence electrons. The molecule has 2 aliphatic heterocycles. The lowest BCUT2D eigenvalue weighted by atomic mass is 9.80. The number of carbonyl (C=O) groups is 2. The fraction of sp³-hybridized carbons (Fsp3) is 0.192. The summed E-state index contributed by atoms with van der Waals surface area (Å²) in [4.78, 5) is 29.9. The zero-order chi connectivity index (χ0) is 21.8. The second kappa shape index (κ2) is 6.91. The third kappa shape index (κ3) is 3.22. The van der Waals surface area contributed by atoms with Crippen molar-refractivity contribution < 1.29 is 14.3 Å². The summed E-state index contributed by atoms with van der Waals surface area (Å²) in [5, 5.41) is 0. The monoisotopic (exact) mass is 410 g/mol. The molecule has 0 unspecified atom stereocenters. The number of anilines is 1. The largest absolute Gasteiger partial charge is 0.487 e.